The molecule has 0 bridgehead atoms. The van der Waals surface area contributed by atoms with Crippen LogP contribution in [0, 0.1) is 5.41 Å². The molecular formula is C15H30N2O3. The summed E-state index contributed by atoms with van der Waals surface area (Å²) in [6.45, 7) is 10.5. The summed E-state index contributed by atoms with van der Waals surface area (Å²) in [6.07, 6.45) is 2.40. The van der Waals surface area contributed by atoms with E-state index in [0.717, 1.165) is 12.8 Å². The summed E-state index contributed by atoms with van der Waals surface area (Å²) in [6, 6.07) is 0.0450. The first-order valence-electron chi connectivity index (χ1n) is 7.56. The van der Waals surface area contributed by atoms with Crippen LogP contribution in [0.2, 0.25) is 0 Å². The molecule has 5 heteroatoms. The van der Waals surface area contributed by atoms with Crippen molar-refractivity contribution in [3.05, 3.63) is 0 Å². The number of carbonyl (C=O) groups excluding carboxylic acids is 1. The van der Waals surface area contributed by atoms with Crippen molar-refractivity contribution in [1.29, 1.82) is 0 Å². The Kier molecular flexibility index (Phi) is 6.27. The highest BCUT2D eigenvalue weighted by molar-refractivity contribution is 5.74. The van der Waals surface area contributed by atoms with E-state index in [0.29, 0.717) is 13.0 Å². The highest BCUT2D eigenvalue weighted by Gasteiger charge is 2.26. The number of aliphatic hydroxyl groups excluding tert-OH is 1. The van der Waals surface area contributed by atoms with Gasteiger partial charge in [0, 0.05) is 12.6 Å². The number of hydrogen-bond acceptors (Lipinski definition) is 3. The fraction of sp³-hybridized carbons (Fsp3) is 0.933. The lowest BCUT2D eigenvalue weighted by atomic mass is 9.87. The Bertz CT molecular complexity index is 308. The molecule has 0 aromatic heterocycles. The van der Waals surface area contributed by atoms with Crippen LogP contribution < -0.4 is 10.6 Å². The lowest BCUT2D eigenvalue weighted by molar-refractivity contribution is -0.0402. The van der Waals surface area contributed by atoms with Crippen LogP contribution in [0.3, 0.4) is 0 Å². The number of amides is 2. The Balaban J connectivity index is 2.33. The summed E-state index contributed by atoms with van der Waals surface area (Å²) in [5.41, 5.74) is -0.109. The van der Waals surface area contributed by atoms with Gasteiger partial charge in [-0.25, -0.2) is 4.79 Å². The maximum absolute atomic E-state index is 11.9. The van der Waals surface area contributed by atoms with Gasteiger partial charge in [-0.15, -0.1) is 0 Å². The fourth-order valence-electron chi connectivity index (χ4n) is 2.95. The number of aliphatic hydroxyl groups is 1. The molecule has 1 aliphatic rings. The summed E-state index contributed by atoms with van der Waals surface area (Å²) >= 11 is 0. The molecule has 0 aromatic carbocycles. The monoisotopic (exact) mass is 286 g/mol. The number of ether oxygens (including phenoxy) is 1. The second-order valence-corrected chi connectivity index (χ2v) is 6.97. The third kappa shape index (κ3) is 6.57. The summed E-state index contributed by atoms with van der Waals surface area (Å²) < 4.78 is 5.66. The van der Waals surface area contributed by atoms with Crippen LogP contribution in [0.1, 0.15) is 53.9 Å². The number of urea groups is 1. The highest BCUT2D eigenvalue weighted by atomic mass is 16.5. The first-order chi connectivity index (χ1) is 9.18. The molecule has 2 amide bonds. The van der Waals surface area contributed by atoms with Gasteiger partial charge >= 0.3 is 6.03 Å². The minimum atomic E-state index is -0.355. The molecule has 20 heavy (non-hydrogen) atoms. The van der Waals surface area contributed by atoms with Crippen molar-refractivity contribution in [2.45, 2.75) is 78.2 Å². The second-order valence-electron chi connectivity index (χ2n) is 6.97. The van der Waals surface area contributed by atoms with E-state index in [-0.39, 0.29) is 35.8 Å². The molecule has 118 valence electrons. The minimum Gasteiger partial charge on any atom is -0.393 e. The van der Waals surface area contributed by atoms with Crippen molar-refractivity contribution in [3.8, 4) is 0 Å². The van der Waals surface area contributed by atoms with Crippen molar-refractivity contribution in [3.63, 3.8) is 0 Å². The van der Waals surface area contributed by atoms with Gasteiger partial charge in [0.05, 0.1) is 18.3 Å². The lowest BCUT2D eigenvalue weighted by Crippen LogP contribution is -2.49. The molecule has 0 aromatic rings. The van der Waals surface area contributed by atoms with Crippen LogP contribution in [0.25, 0.3) is 0 Å². The smallest absolute Gasteiger partial charge is 0.315 e. The average molecular weight is 286 g/mol. The maximum Gasteiger partial charge on any atom is 0.315 e. The minimum absolute atomic E-state index is 0.109. The molecule has 1 fully saturated rings. The van der Waals surface area contributed by atoms with Crippen molar-refractivity contribution in [2.75, 3.05) is 6.54 Å². The standard InChI is InChI=1S/C15H30N2O3/c1-10(18)8-15(4,5)9-16-14(19)17-13-6-11(2)20-12(3)7-13/h10-13,18H,6-9H2,1-5H3,(H2,16,17,19). The molecule has 3 N–H and O–H groups in total. The zero-order chi connectivity index (χ0) is 15.3. The highest BCUT2D eigenvalue weighted by Crippen LogP contribution is 2.21. The SMILES string of the molecule is CC(O)CC(C)(C)CNC(=O)NC1CC(C)OC(C)C1. The summed E-state index contributed by atoms with van der Waals surface area (Å²) in [4.78, 5) is 11.9. The van der Waals surface area contributed by atoms with E-state index in [9.17, 15) is 9.90 Å². The largest absolute Gasteiger partial charge is 0.393 e. The molecule has 0 aliphatic carbocycles. The molecule has 1 rings (SSSR count). The quantitative estimate of drug-likeness (QED) is 0.724. The van der Waals surface area contributed by atoms with Gasteiger partial charge in [-0.2, -0.15) is 0 Å². The van der Waals surface area contributed by atoms with Gasteiger partial charge in [0.1, 0.15) is 0 Å². The summed E-state index contributed by atoms with van der Waals surface area (Å²) in [7, 11) is 0. The van der Waals surface area contributed by atoms with Gasteiger partial charge in [-0.3, -0.25) is 0 Å². The Morgan fingerprint density at radius 2 is 1.90 bits per heavy atom. The van der Waals surface area contributed by atoms with E-state index in [1.54, 1.807) is 6.92 Å². The number of nitrogens with one attached hydrogen (secondary N) is 2. The predicted octanol–water partition coefficient (Wildman–Crippen LogP) is 2.04. The lowest BCUT2D eigenvalue weighted by Gasteiger charge is -2.33. The zero-order valence-electron chi connectivity index (χ0n) is 13.4. The van der Waals surface area contributed by atoms with E-state index in [4.69, 9.17) is 4.74 Å². The van der Waals surface area contributed by atoms with Crippen molar-refractivity contribution >= 4 is 6.03 Å². The van der Waals surface area contributed by atoms with Crippen LogP contribution >= 0.6 is 0 Å². The summed E-state index contributed by atoms with van der Waals surface area (Å²) in [5.74, 6) is 0. The first-order valence-corrected chi connectivity index (χ1v) is 7.56. The molecule has 1 heterocycles. The molecule has 0 radical (unpaired) electrons. The Morgan fingerprint density at radius 1 is 1.35 bits per heavy atom. The average Bonchev–Trinajstić information content (AvgIpc) is 2.23. The molecular weight excluding hydrogens is 256 g/mol. The Morgan fingerprint density at radius 3 is 2.40 bits per heavy atom. The fourth-order valence-corrected chi connectivity index (χ4v) is 2.95. The van der Waals surface area contributed by atoms with Gasteiger partial charge in [0.25, 0.3) is 0 Å². The molecule has 1 aliphatic heterocycles. The molecule has 1 saturated heterocycles. The van der Waals surface area contributed by atoms with Gasteiger partial charge in [0.15, 0.2) is 0 Å². The zero-order valence-corrected chi connectivity index (χ0v) is 13.4. The summed E-state index contributed by atoms with van der Waals surface area (Å²) in [5, 5.41) is 15.3. The van der Waals surface area contributed by atoms with Crippen molar-refractivity contribution in [2.24, 2.45) is 5.41 Å². The second kappa shape index (κ2) is 7.27. The normalized spacial score (nSPS) is 28.8. The first kappa shape index (κ1) is 17.2. The number of rotatable bonds is 5. The molecule has 5 nitrogen and oxygen atoms in total. The van der Waals surface area contributed by atoms with Crippen LogP contribution in [-0.2, 0) is 4.74 Å². The van der Waals surface area contributed by atoms with Crippen molar-refractivity contribution < 1.29 is 14.6 Å². The van der Waals surface area contributed by atoms with Gasteiger partial charge in [0.2, 0.25) is 0 Å². The van der Waals surface area contributed by atoms with Crippen molar-refractivity contribution in [1.82, 2.24) is 10.6 Å². The predicted molar refractivity (Wildman–Crippen MR) is 79.6 cm³/mol. The van der Waals surface area contributed by atoms with E-state index >= 15 is 0 Å². The molecule has 0 saturated carbocycles. The van der Waals surface area contributed by atoms with Gasteiger partial charge in [-0.1, -0.05) is 13.8 Å². The Hall–Kier alpha value is -0.810. The maximum atomic E-state index is 11.9. The van der Waals surface area contributed by atoms with Crippen LogP contribution in [0.15, 0.2) is 0 Å². The topological polar surface area (TPSA) is 70.6 Å². The molecule has 3 unspecified atom stereocenters. The number of hydrogen-bond donors (Lipinski definition) is 3. The van der Waals surface area contributed by atoms with E-state index < -0.39 is 0 Å². The van der Waals surface area contributed by atoms with Crippen LogP contribution in [0.5, 0.6) is 0 Å². The number of carbonyl (C=O) groups is 1. The van der Waals surface area contributed by atoms with E-state index in [1.165, 1.54) is 0 Å². The van der Waals surface area contributed by atoms with Crippen LogP contribution in [-0.4, -0.2) is 42.0 Å². The van der Waals surface area contributed by atoms with E-state index in [1.807, 2.05) is 27.7 Å². The third-order valence-electron chi connectivity index (χ3n) is 3.61. The molecule has 0 spiro atoms. The van der Waals surface area contributed by atoms with Gasteiger partial charge < -0.3 is 20.5 Å². The molecule has 3 atom stereocenters. The van der Waals surface area contributed by atoms with Crippen LogP contribution in [0.4, 0.5) is 4.79 Å². The third-order valence-corrected chi connectivity index (χ3v) is 3.61. The van der Waals surface area contributed by atoms with E-state index in [2.05, 4.69) is 10.6 Å². The Labute approximate surface area is 122 Å². The van der Waals surface area contributed by atoms with Gasteiger partial charge in [-0.05, 0) is 45.4 Å².